The Balaban J connectivity index is 4.76. The third-order valence-corrected chi connectivity index (χ3v) is 4.34. The van der Waals surface area contributed by atoms with Gasteiger partial charge in [-0.05, 0) is 6.42 Å². The Kier molecular flexibility index (Phi) is 4.55. The van der Waals surface area contributed by atoms with Crippen molar-refractivity contribution < 1.29 is 30.0 Å². The second-order valence-electron chi connectivity index (χ2n) is 2.63. The molecule has 5 nitrogen and oxygen atoms in total. The van der Waals surface area contributed by atoms with Crippen LogP contribution in [0, 0.1) is 0 Å². The molecule has 0 saturated carbocycles. The van der Waals surface area contributed by atoms with Gasteiger partial charge in [0.2, 0.25) is 0 Å². The van der Waals surface area contributed by atoms with E-state index in [1.54, 1.807) is 6.92 Å². The monoisotopic (exact) mass is 268 g/mol. The summed E-state index contributed by atoms with van der Waals surface area (Å²) >= 11 is 0. The highest BCUT2D eigenvalue weighted by atomic mass is 32.3. The van der Waals surface area contributed by atoms with Gasteiger partial charge in [0.1, 0.15) is 0 Å². The van der Waals surface area contributed by atoms with Crippen LogP contribution in [0.4, 0.5) is 13.2 Å². The quantitative estimate of drug-likeness (QED) is 0.753. The van der Waals surface area contributed by atoms with Crippen LogP contribution in [-0.4, -0.2) is 28.1 Å². The fourth-order valence-corrected chi connectivity index (χ4v) is 3.04. The molecule has 92 valence electrons. The summed E-state index contributed by atoms with van der Waals surface area (Å²) in [4.78, 5) is 0. The van der Waals surface area contributed by atoms with Gasteiger partial charge >= 0.3 is 5.51 Å². The molecule has 0 radical (unpaired) electrons. The smallest absolute Gasteiger partial charge is 0.428 e. The number of sulfonamides is 2. The first kappa shape index (κ1) is 14.6. The van der Waals surface area contributed by atoms with Gasteiger partial charge in [-0.3, -0.25) is 0 Å². The van der Waals surface area contributed by atoms with Crippen LogP contribution < -0.4 is 0 Å². The molecule has 0 aliphatic heterocycles. The lowest BCUT2D eigenvalue weighted by Crippen LogP contribution is -2.24. The van der Waals surface area contributed by atoms with Gasteiger partial charge in [-0.25, -0.2) is 16.8 Å². The maximum Gasteiger partial charge on any atom is 0.480 e. The SMILES string of the molecule is CCCCS(=O)(=O)[N-]S(=O)(=O)C(F)(F)F. The Morgan fingerprint density at radius 2 is 1.60 bits per heavy atom. The van der Waals surface area contributed by atoms with Crippen molar-refractivity contribution in [3.8, 4) is 0 Å². The molecule has 0 atom stereocenters. The number of halogens is 3. The van der Waals surface area contributed by atoms with Gasteiger partial charge < -0.3 is 4.13 Å². The molecule has 0 N–H and O–H groups in total. The first-order valence-electron chi connectivity index (χ1n) is 3.80. The molecular formula is C5H9F3NO4S2-. The predicted octanol–water partition coefficient (Wildman–Crippen LogP) is 1.34. The Labute approximate surface area is 85.8 Å². The highest BCUT2D eigenvalue weighted by Gasteiger charge is 2.40. The summed E-state index contributed by atoms with van der Waals surface area (Å²) in [7, 11) is -10.5. The van der Waals surface area contributed by atoms with Crippen LogP contribution in [0.5, 0.6) is 0 Å². The van der Waals surface area contributed by atoms with Gasteiger partial charge in [0.05, 0.1) is 10.0 Å². The van der Waals surface area contributed by atoms with Crippen molar-refractivity contribution in [3.63, 3.8) is 0 Å². The largest absolute Gasteiger partial charge is 0.480 e. The minimum Gasteiger partial charge on any atom is -0.428 e. The molecule has 0 heterocycles. The first-order valence-corrected chi connectivity index (χ1v) is 6.85. The average Bonchev–Trinajstić information content (AvgIpc) is 1.96. The zero-order valence-corrected chi connectivity index (χ0v) is 9.28. The molecule has 0 amide bonds. The van der Waals surface area contributed by atoms with Crippen LogP contribution in [0.1, 0.15) is 19.8 Å². The maximum atomic E-state index is 11.7. The predicted molar refractivity (Wildman–Crippen MR) is 47.0 cm³/mol. The van der Waals surface area contributed by atoms with Crippen molar-refractivity contribution in [2.45, 2.75) is 25.3 Å². The molecular weight excluding hydrogens is 259 g/mol. The topological polar surface area (TPSA) is 82.4 Å². The van der Waals surface area contributed by atoms with E-state index < -0.39 is 31.3 Å². The average molecular weight is 268 g/mol. The number of rotatable bonds is 5. The number of unbranched alkanes of at least 4 members (excludes halogenated alkanes) is 1. The van der Waals surface area contributed by atoms with Crippen molar-refractivity contribution in [3.05, 3.63) is 4.13 Å². The molecule has 0 saturated heterocycles. The summed E-state index contributed by atoms with van der Waals surface area (Å²) in [6, 6.07) is 0. The van der Waals surface area contributed by atoms with Crippen LogP contribution in [0.3, 0.4) is 0 Å². The number of nitrogens with zero attached hydrogens (tertiary/aromatic N) is 1. The molecule has 0 unspecified atom stereocenters. The normalized spacial score (nSPS) is 14.1. The summed E-state index contributed by atoms with van der Waals surface area (Å²) in [6.45, 7) is 1.60. The Morgan fingerprint density at radius 3 is 1.93 bits per heavy atom. The summed E-state index contributed by atoms with van der Waals surface area (Å²) < 4.78 is 79.4. The molecule has 0 bridgehead atoms. The van der Waals surface area contributed by atoms with Crippen LogP contribution in [0.2, 0.25) is 0 Å². The Bertz CT molecular complexity index is 396. The van der Waals surface area contributed by atoms with Crippen LogP contribution >= 0.6 is 0 Å². The summed E-state index contributed by atoms with van der Waals surface area (Å²) in [5.41, 5.74) is -5.67. The van der Waals surface area contributed by atoms with E-state index in [0.29, 0.717) is 6.42 Å². The van der Waals surface area contributed by atoms with Gasteiger partial charge in [-0.2, -0.15) is 13.2 Å². The van der Waals surface area contributed by atoms with Crippen molar-refractivity contribution >= 4 is 20.0 Å². The lowest BCUT2D eigenvalue weighted by atomic mass is 10.4. The zero-order chi connectivity index (χ0) is 12.3. The van der Waals surface area contributed by atoms with Crippen LogP contribution in [0.15, 0.2) is 0 Å². The van der Waals surface area contributed by atoms with E-state index in [9.17, 15) is 30.0 Å². The minimum absolute atomic E-state index is 0.0548. The molecule has 0 spiro atoms. The molecule has 0 fully saturated rings. The molecule has 0 aromatic heterocycles. The second-order valence-corrected chi connectivity index (χ2v) is 6.22. The molecule has 0 aromatic rings. The first-order chi connectivity index (χ1) is 6.52. The Hall–Kier alpha value is -0.350. The highest BCUT2D eigenvalue weighted by Crippen LogP contribution is 2.30. The molecule has 15 heavy (non-hydrogen) atoms. The molecule has 0 aliphatic rings. The van der Waals surface area contributed by atoms with Gasteiger partial charge in [-0.1, -0.05) is 13.3 Å². The number of hydrogen-bond acceptors (Lipinski definition) is 4. The third-order valence-electron chi connectivity index (χ3n) is 1.26. The van der Waals surface area contributed by atoms with E-state index in [1.807, 2.05) is 4.13 Å². The Morgan fingerprint density at radius 1 is 1.13 bits per heavy atom. The molecule has 0 rings (SSSR count). The van der Waals surface area contributed by atoms with Crippen molar-refractivity contribution in [2.75, 3.05) is 5.75 Å². The maximum absolute atomic E-state index is 11.7. The number of alkyl halides is 3. The lowest BCUT2D eigenvalue weighted by Gasteiger charge is -2.21. The van der Waals surface area contributed by atoms with E-state index in [4.69, 9.17) is 0 Å². The minimum atomic E-state index is -5.95. The lowest BCUT2D eigenvalue weighted by molar-refractivity contribution is -0.0425. The van der Waals surface area contributed by atoms with Gasteiger partial charge in [0, 0.05) is 5.75 Å². The van der Waals surface area contributed by atoms with E-state index in [2.05, 4.69) is 0 Å². The van der Waals surface area contributed by atoms with Crippen molar-refractivity contribution in [1.82, 2.24) is 0 Å². The van der Waals surface area contributed by atoms with Crippen LogP contribution in [-0.2, 0) is 20.0 Å². The highest BCUT2D eigenvalue weighted by molar-refractivity contribution is 8.12. The molecule has 0 aromatic carbocycles. The van der Waals surface area contributed by atoms with Crippen molar-refractivity contribution in [2.24, 2.45) is 0 Å². The van der Waals surface area contributed by atoms with Gasteiger partial charge in [0.15, 0.2) is 10.0 Å². The standard InChI is InChI=1S/C5H9F3NO4S2/c1-2-3-4-14(10,11)9-15(12,13)5(6,7)8/h2-4H2,1H3/q-1. The summed E-state index contributed by atoms with van der Waals surface area (Å²) in [5, 5.41) is 0. The van der Waals surface area contributed by atoms with Crippen LogP contribution in [0.25, 0.3) is 4.13 Å². The fraction of sp³-hybridized carbons (Fsp3) is 1.00. The van der Waals surface area contributed by atoms with E-state index in [1.165, 1.54) is 0 Å². The van der Waals surface area contributed by atoms with E-state index in [-0.39, 0.29) is 6.42 Å². The van der Waals surface area contributed by atoms with Crippen molar-refractivity contribution in [1.29, 1.82) is 0 Å². The number of hydrogen-bond donors (Lipinski definition) is 0. The second kappa shape index (κ2) is 4.66. The molecule has 0 aliphatic carbocycles. The third kappa shape index (κ3) is 4.80. The summed E-state index contributed by atoms with van der Waals surface area (Å²) in [6.07, 6.45) is 0.458. The van der Waals surface area contributed by atoms with Gasteiger partial charge in [-0.15, -0.1) is 0 Å². The van der Waals surface area contributed by atoms with Gasteiger partial charge in [0.25, 0.3) is 0 Å². The van der Waals surface area contributed by atoms with E-state index >= 15 is 0 Å². The summed E-state index contributed by atoms with van der Waals surface area (Å²) in [5.74, 6) is -0.710. The fourth-order valence-electron chi connectivity index (χ4n) is 0.556. The van der Waals surface area contributed by atoms with E-state index in [0.717, 1.165) is 0 Å². The molecule has 10 heteroatoms. The zero-order valence-electron chi connectivity index (χ0n) is 7.65.